The zero-order valence-electron chi connectivity index (χ0n) is 14.2. The van der Waals surface area contributed by atoms with E-state index in [1.165, 1.54) is 4.31 Å². The van der Waals surface area contributed by atoms with E-state index < -0.39 is 10.0 Å². The second-order valence-corrected chi connectivity index (χ2v) is 7.96. The zero-order valence-corrected chi connectivity index (χ0v) is 15.0. The van der Waals surface area contributed by atoms with Gasteiger partial charge < -0.3 is 4.74 Å². The molecule has 1 aliphatic heterocycles. The molecular formula is C17H26N2O4S. The number of ether oxygens (including phenoxy) is 1. The highest BCUT2D eigenvalue weighted by atomic mass is 32.2. The fraction of sp³-hybridized carbons (Fsp3) is 0.588. The molecular weight excluding hydrogens is 328 g/mol. The molecule has 6 nitrogen and oxygen atoms in total. The standard InChI is InChI=1S/C17H26N2O4S/c1-2-3-13-23-17(20)14-18-9-11-19(12-10-18)24(21,22)15-16-7-5-4-6-8-16/h4-8H,2-3,9-15H2,1H3. The molecule has 0 bridgehead atoms. The van der Waals surface area contributed by atoms with Crippen LogP contribution in [0, 0.1) is 0 Å². The van der Waals surface area contributed by atoms with Crippen molar-refractivity contribution in [2.45, 2.75) is 25.5 Å². The lowest BCUT2D eigenvalue weighted by atomic mass is 10.2. The lowest BCUT2D eigenvalue weighted by molar-refractivity contribution is -0.145. The highest BCUT2D eigenvalue weighted by molar-refractivity contribution is 7.88. The van der Waals surface area contributed by atoms with Crippen molar-refractivity contribution in [3.8, 4) is 0 Å². The van der Waals surface area contributed by atoms with Gasteiger partial charge in [-0.1, -0.05) is 43.7 Å². The van der Waals surface area contributed by atoms with Crippen molar-refractivity contribution in [3.63, 3.8) is 0 Å². The average Bonchev–Trinajstić information content (AvgIpc) is 2.56. The van der Waals surface area contributed by atoms with Crippen molar-refractivity contribution in [1.29, 1.82) is 0 Å². The van der Waals surface area contributed by atoms with Crippen LogP contribution in [-0.2, 0) is 25.3 Å². The van der Waals surface area contributed by atoms with Crippen molar-refractivity contribution in [3.05, 3.63) is 35.9 Å². The van der Waals surface area contributed by atoms with E-state index in [4.69, 9.17) is 4.74 Å². The Balaban J connectivity index is 1.78. The molecule has 0 spiro atoms. The largest absolute Gasteiger partial charge is 0.465 e. The summed E-state index contributed by atoms with van der Waals surface area (Å²) in [6, 6.07) is 9.19. The maximum atomic E-state index is 12.5. The summed E-state index contributed by atoms with van der Waals surface area (Å²) >= 11 is 0. The highest BCUT2D eigenvalue weighted by Crippen LogP contribution is 2.13. The molecule has 0 radical (unpaired) electrons. The van der Waals surface area contributed by atoms with Crippen LogP contribution in [0.25, 0.3) is 0 Å². The van der Waals surface area contributed by atoms with Gasteiger partial charge in [0.2, 0.25) is 10.0 Å². The Hall–Kier alpha value is -1.44. The number of piperazine rings is 1. The Kier molecular flexibility index (Phi) is 7.20. The summed E-state index contributed by atoms with van der Waals surface area (Å²) in [6.45, 7) is 4.67. The maximum Gasteiger partial charge on any atom is 0.320 e. The van der Waals surface area contributed by atoms with Crippen LogP contribution in [0.5, 0.6) is 0 Å². The molecule has 0 atom stereocenters. The van der Waals surface area contributed by atoms with Crippen LogP contribution in [0.2, 0.25) is 0 Å². The Labute approximate surface area is 144 Å². The third-order valence-electron chi connectivity index (χ3n) is 4.03. The minimum Gasteiger partial charge on any atom is -0.465 e. The summed E-state index contributed by atoms with van der Waals surface area (Å²) in [7, 11) is -3.32. The lowest BCUT2D eigenvalue weighted by Gasteiger charge is -2.33. The number of benzene rings is 1. The molecule has 134 valence electrons. The molecule has 0 N–H and O–H groups in total. The smallest absolute Gasteiger partial charge is 0.320 e. The second kappa shape index (κ2) is 9.15. The summed E-state index contributed by atoms with van der Waals surface area (Å²) < 4.78 is 31.6. The number of rotatable bonds is 8. The number of unbranched alkanes of at least 4 members (excludes halogenated alkanes) is 1. The quantitative estimate of drug-likeness (QED) is 0.522. The van der Waals surface area contributed by atoms with E-state index in [9.17, 15) is 13.2 Å². The molecule has 7 heteroatoms. The van der Waals surface area contributed by atoms with E-state index in [1.54, 1.807) is 0 Å². The van der Waals surface area contributed by atoms with Gasteiger partial charge in [0.1, 0.15) is 0 Å². The van der Waals surface area contributed by atoms with Crippen molar-refractivity contribution in [1.82, 2.24) is 9.21 Å². The molecule has 0 unspecified atom stereocenters. The van der Waals surface area contributed by atoms with Crippen LogP contribution in [-0.4, -0.2) is 62.9 Å². The number of sulfonamides is 1. The van der Waals surface area contributed by atoms with Gasteiger partial charge in [0, 0.05) is 26.2 Å². The van der Waals surface area contributed by atoms with Gasteiger partial charge >= 0.3 is 5.97 Å². The number of hydrogen-bond donors (Lipinski definition) is 0. The van der Waals surface area contributed by atoms with Gasteiger partial charge in [-0.15, -0.1) is 0 Å². The monoisotopic (exact) mass is 354 g/mol. The molecule has 1 fully saturated rings. The molecule has 0 aromatic heterocycles. The molecule has 1 saturated heterocycles. The van der Waals surface area contributed by atoms with Crippen molar-refractivity contribution >= 4 is 16.0 Å². The van der Waals surface area contributed by atoms with Gasteiger partial charge in [-0.05, 0) is 12.0 Å². The summed E-state index contributed by atoms with van der Waals surface area (Å²) in [4.78, 5) is 13.7. The number of hydrogen-bond acceptors (Lipinski definition) is 5. The van der Waals surface area contributed by atoms with Crippen LogP contribution >= 0.6 is 0 Å². The highest BCUT2D eigenvalue weighted by Gasteiger charge is 2.27. The lowest BCUT2D eigenvalue weighted by Crippen LogP contribution is -2.50. The molecule has 0 amide bonds. The Morgan fingerprint density at radius 2 is 1.79 bits per heavy atom. The molecule has 24 heavy (non-hydrogen) atoms. The SMILES string of the molecule is CCCCOC(=O)CN1CCN(S(=O)(=O)Cc2ccccc2)CC1. The Morgan fingerprint density at radius 1 is 1.12 bits per heavy atom. The predicted molar refractivity (Wildman–Crippen MR) is 92.9 cm³/mol. The van der Waals surface area contributed by atoms with Crippen LogP contribution in [0.3, 0.4) is 0 Å². The first kappa shape index (κ1) is 18.9. The number of nitrogens with zero attached hydrogens (tertiary/aromatic N) is 2. The van der Waals surface area contributed by atoms with E-state index in [-0.39, 0.29) is 18.3 Å². The van der Waals surface area contributed by atoms with E-state index >= 15 is 0 Å². The summed E-state index contributed by atoms with van der Waals surface area (Å²) in [6.07, 6.45) is 1.86. The third kappa shape index (κ3) is 5.89. The first-order valence-electron chi connectivity index (χ1n) is 8.41. The van der Waals surface area contributed by atoms with Crippen LogP contribution in [0.4, 0.5) is 0 Å². The molecule has 1 heterocycles. The van der Waals surface area contributed by atoms with Gasteiger partial charge in [-0.3, -0.25) is 9.69 Å². The van der Waals surface area contributed by atoms with Gasteiger partial charge in [0.15, 0.2) is 0 Å². The number of carbonyl (C=O) groups is 1. The molecule has 0 saturated carbocycles. The number of esters is 1. The molecule has 0 aliphatic carbocycles. The van der Waals surface area contributed by atoms with Crippen molar-refractivity contribution < 1.29 is 17.9 Å². The first-order chi connectivity index (χ1) is 11.5. The van der Waals surface area contributed by atoms with E-state index in [1.807, 2.05) is 42.2 Å². The van der Waals surface area contributed by atoms with Crippen molar-refractivity contribution in [2.24, 2.45) is 0 Å². The summed E-state index contributed by atoms with van der Waals surface area (Å²) in [5.41, 5.74) is 0.791. The molecule has 2 rings (SSSR count). The van der Waals surface area contributed by atoms with Crippen LogP contribution in [0.15, 0.2) is 30.3 Å². The maximum absolute atomic E-state index is 12.5. The van der Waals surface area contributed by atoms with Crippen LogP contribution < -0.4 is 0 Å². The van der Waals surface area contributed by atoms with Crippen molar-refractivity contribution in [2.75, 3.05) is 39.3 Å². The topological polar surface area (TPSA) is 66.9 Å². The molecule has 1 aliphatic rings. The minimum atomic E-state index is -3.32. The van der Waals surface area contributed by atoms with E-state index in [0.717, 1.165) is 18.4 Å². The number of carbonyl (C=O) groups excluding carboxylic acids is 1. The third-order valence-corrected chi connectivity index (χ3v) is 5.88. The molecule has 1 aromatic carbocycles. The fourth-order valence-corrected chi connectivity index (χ4v) is 4.12. The zero-order chi connectivity index (χ0) is 17.4. The predicted octanol–water partition coefficient (Wildman–Crippen LogP) is 1.48. The first-order valence-corrected chi connectivity index (χ1v) is 10.0. The molecule has 1 aromatic rings. The fourth-order valence-electron chi connectivity index (χ4n) is 2.60. The summed E-state index contributed by atoms with van der Waals surface area (Å²) in [5.74, 6) is -0.212. The Morgan fingerprint density at radius 3 is 2.42 bits per heavy atom. The Bertz CT molecular complexity index is 611. The van der Waals surface area contributed by atoms with Crippen LogP contribution in [0.1, 0.15) is 25.3 Å². The minimum absolute atomic E-state index is 0.0207. The van der Waals surface area contributed by atoms with Gasteiger partial charge in [0.25, 0.3) is 0 Å². The van der Waals surface area contributed by atoms with Gasteiger partial charge in [0.05, 0.1) is 18.9 Å². The van der Waals surface area contributed by atoms with E-state index in [2.05, 4.69) is 0 Å². The second-order valence-electron chi connectivity index (χ2n) is 5.99. The normalized spacial score (nSPS) is 16.9. The summed E-state index contributed by atoms with van der Waals surface area (Å²) in [5, 5.41) is 0. The average molecular weight is 354 g/mol. The van der Waals surface area contributed by atoms with E-state index in [0.29, 0.717) is 32.8 Å². The van der Waals surface area contributed by atoms with Gasteiger partial charge in [-0.25, -0.2) is 8.42 Å². The van der Waals surface area contributed by atoms with Gasteiger partial charge in [-0.2, -0.15) is 4.31 Å².